The molecule has 2 aromatic carbocycles. The molecular weight excluding hydrogens is 332 g/mol. The number of hydrogen-bond donors (Lipinski definition) is 3. The summed E-state index contributed by atoms with van der Waals surface area (Å²) in [6.07, 6.45) is 1.04. The molecule has 130 valence electrons. The molecule has 0 fully saturated rings. The first-order valence-corrected chi connectivity index (χ1v) is 7.59. The van der Waals surface area contributed by atoms with E-state index in [1.54, 1.807) is 42.5 Å². The highest BCUT2D eigenvalue weighted by molar-refractivity contribution is 6.07. The van der Waals surface area contributed by atoms with E-state index in [9.17, 15) is 14.4 Å². The Hall–Kier alpha value is -3.92. The van der Waals surface area contributed by atoms with Crippen LogP contribution in [-0.2, 0) is 4.79 Å². The molecule has 2 aromatic rings. The molecule has 0 aliphatic carbocycles. The summed E-state index contributed by atoms with van der Waals surface area (Å²) in [6.45, 7) is 1.44. The van der Waals surface area contributed by atoms with Crippen LogP contribution in [0, 0.1) is 11.3 Å². The quantitative estimate of drug-likeness (QED) is 0.331. The number of anilines is 2. The number of benzene rings is 2. The number of nitriles is 1. The van der Waals surface area contributed by atoms with Crippen LogP contribution in [0.2, 0.25) is 0 Å². The largest absolute Gasteiger partial charge is 0.399 e. The standard InChI is InChI=1S/C19H16N4O3/c1-12(24)13-4-8-17(9-5-13)23-19(26)15(10-20)11-22-18(25)14-2-6-16(21)7-3-14/h2-9,11H,21H2,1H3,(H,22,25)(H,23,26)/b15-11-. The maximum atomic E-state index is 12.1. The molecule has 2 rings (SSSR count). The monoisotopic (exact) mass is 348 g/mol. The van der Waals surface area contributed by atoms with E-state index in [-0.39, 0.29) is 11.4 Å². The van der Waals surface area contributed by atoms with Gasteiger partial charge in [-0.2, -0.15) is 5.26 Å². The summed E-state index contributed by atoms with van der Waals surface area (Å²) in [4.78, 5) is 35.3. The van der Waals surface area contributed by atoms with Gasteiger partial charge in [-0.15, -0.1) is 0 Å². The molecule has 0 radical (unpaired) electrons. The van der Waals surface area contributed by atoms with Crippen LogP contribution in [0.1, 0.15) is 27.6 Å². The smallest absolute Gasteiger partial charge is 0.267 e. The Bertz CT molecular complexity index is 907. The van der Waals surface area contributed by atoms with Crippen LogP contribution in [0.25, 0.3) is 0 Å². The van der Waals surface area contributed by atoms with Crippen molar-refractivity contribution in [2.45, 2.75) is 6.92 Å². The zero-order valence-corrected chi connectivity index (χ0v) is 13.9. The van der Waals surface area contributed by atoms with Crippen molar-refractivity contribution in [2.24, 2.45) is 0 Å². The van der Waals surface area contributed by atoms with Gasteiger partial charge in [0, 0.05) is 28.7 Å². The third kappa shape index (κ3) is 4.79. The van der Waals surface area contributed by atoms with Crippen LogP contribution in [0.15, 0.2) is 60.3 Å². The first kappa shape index (κ1) is 18.4. The van der Waals surface area contributed by atoms with E-state index in [1.807, 2.05) is 0 Å². The van der Waals surface area contributed by atoms with Gasteiger partial charge in [-0.25, -0.2) is 0 Å². The summed E-state index contributed by atoms with van der Waals surface area (Å²) in [5.41, 5.74) is 7.07. The number of rotatable bonds is 5. The highest BCUT2D eigenvalue weighted by Crippen LogP contribution is 2.11. The van der Waals surface area contributed by atoms with Gasteiger partial charge >= 0.3 is 0 Å². The number of carbonyl (C=O) groups is 3. The lowest BCUT2D eigenvalue weighted by molar-refractivity contribution is -0.112. The Balaban J connectivity index is 2.04. The van der Waals surface area contributed by atoms with Crippen molar-refractivity contribution in [3.05, 3.63) is 71.4 Å². The first-order chi connectivity index (χ1) is 12.4. The third-order valence-corrected chi connectivity index (χ3v) is 3.43. The molecule has 0 aromatic heterocycles. The lowest BCUT2D eigenvalue weighted by Gasteiger charge is -2.06. The zero-order valence-electron chi connectivity index (χ0n) is 13.9. The van der Waals surface area contributed by atoms with E-state index in [4.69, 9.17) is 11.0 Å². The van der Waals surface area contributed by atoms with Crippen molar-refractivity contribution in [1.29, 1.82) is 5.26 Å². The Kier molecular flexibility index (Phi) is 5.85. The SMILES string of the molecule is CC(=O)c1ccc(NC(=O)/C(C#N)=C\NC(=O)c2ccc(N)cc2)cc1. The molecule has 4 N–H and O–H groups in total. The second kappa shape index (κ2) is 8.26. The summed E-state index contributed by atoms with van der Waals surface area (Å²) >= 11 is 0. The van der Waals surface area contributed by atoms with Crippen LogP contribution < -0.4 is 16.4 Å². The van der Waals surface area contributed by atoms with Crippen molar-refractivity contribution in [3.63, 3.8) is 0 Å². The predicted molar refractivity (Wildman–Crippen MR) is 97.1 cm³/mol. The van der Waals surface area contributed by atoms with Crippen LogP contribution in [0.4, 0.5) is 11.4 Å². The zero-order chi connectivity index (χ0) is 19.1. The fourth-order valence-corrected chi connectivity index (χ4v) is 1.99. The number of nitrogens with two attached hydrogens (primary N) is 1. The second-order valence-corrected chi connectivity index (χ2v) is 5.35. The molecular formula is C19H16N4O3. The minimum atomic E-state index is -0.680. The van der Waals surface area contributed by atoms with Crippen LogP contribution in [-0.4, -0.2) is 17.6 Å². The van der Waals surface area contributed by atoms with E-state index in [0.717, 1.165) is 6.20 Å². The molecule has 7 heteroatoms. The Labute approximate surface area is 150 Å². The van der Waals surface area contributed by atoms with Gasteiger partial charge < -0.3 is 16.4 Å². The van der Waals surface area contributed by atoms with Crippen molar-refractivity contribution in [3.8, 4) is 6.07 Å². The molecule has 0 bridgehead atoms. The second-order valence-electron chi connectivity index (χ2n) is 5.35. The van der Waals surface area contributed by atoms with E-state index in [2.05, 4.69) is 10.6 Å². The molecule has 0 spiro atoms. The maximum absolute atomic E-state index is 12.1. The molecule has 2 amide bonds. The number of nitrogen functional groups attached to an aromatic ring is 1. The predicted octanol–water partition coefficient (Wildman–Crippen LogP) is 2.25. The fourth-order valence-electron chi connectivity index (χ4n) is 1.99. The number of carbonyl (C=O) groups excluding carboxylic acids is 3. The average Bonchev–Trinajstić information content (AvgIpc) is 2.63. The number of hydrogen-bond acceptors (Lipinski definition) is 5. The highest BCUT2D eigenvalue weighted by Gasteiger charge is 2.11. The van der Waals surface area contributed by atoms with Crippen molar-refractivity contribution >= 4 is 29.0 Å². The topological polar surface area (TPSA) is 125 Å². The molecule has 0 heterocycles. The van der Waals surface area contributed by atoms with Crippen LogP contribution >= 0.6 is 0 Å². The minimum absolute atomic E-state index is 0.0918. The van der Waals surface area contributed by atoms with E-state index >= 15 is 0 Å². The van der Waals surface area contributed by atoms with Crippen molar-refractivity contribution in [1.82, 2.24) is 5.32 Å². The number of amides is 2. The third-order valence-electron chi connectivity index (χ3n) is 3.43. The summed E-state index contributed by atoms with van der Waals surface area (Å²) < 4.78 is 0. The summed E-state index contributed by atoms with van der Waals surface area (Å²) in [5.74, 6) is -1.25. The average molecular weight is 348 g/mol. The van der Waals surface area contributed by atoms with Gasteiger partial charge in [0.15, 0.2) is 5.78 Å². The lowest BCUT2D eigenvalue weighted by atomic mass is 10.1. The van der Waals surface area contributed by atoms with Gasteiger partial charge in [0.1, 0.15) is 11.6 Å². The molecule has 7 nitrogen and oxygen atoms in total. The molecule has 0 atom stereocenters. The molecule has 0 saturated heterocycles. The lowest BCUT2D eigenvalue weighted by Crippen LogP contribution is -2.21. The normalized spacial score (nSPS) is 10.5. The number of nitrogens with zero attached hydrogens (tertiary/aromatic N) is 1. The fraction of sp³-hybridized carbons (Fsp3) is 0.0526. The Morgan fingerprint density at radius 2 is 1.58 bits per heavy atom. The molecule has 0 aliphatic rings. The number of ketones is 1. The maximum Gasteiger partial charge on any atom is 0.267 e. The summed E-state index contributed by atoms with van der Waals surface area (Å²) in [5, 5.41) is 14.0. The van der Waals surface area contributed by atoms with Gasteiger partial charge in [-0.3, -0.25) is 14.4 Å². The van der Waals surface area contributed by atoms with E-state index in [1.165, 1.54) is 19.1 Å². The minimum Gasteiger partial charge on any atom is -0.399 e. The summed E-state index contributed by atoms with van der Waals surface area (Å²) in [7, 11) is 0. The molecule has 0 saturated carbocycles. The van der Waals surface area contributed by atoms with Gasteiger partial charge in [0.2, 0.25) is 0 Å². The van der Waals surface area contributed by atoms with Crippen molar-refractivity contribution in [2.75, 3.05) is 11.1 Å². The number of nitrogens with one attached hydrogen (secondary N) is 2. The van der Waals surface area contributed by atoms with Crippen LogP contribution in [0.3, 0.4) is 0 Å². The number of Topliss-reactive ketones (excluding diaryl/α,β-unsaturated/α-hetero) is 1. The van der Waals surface area contributed by atoms with E-state index < -0.39 is 11.8 Å². The molecule has 26 heavy (non-hydrogen) atoms. The van der Waals surface area contributed by atoms with Gasteiger partial charge in [-0.05, 0) is 55.5 Å². The van der Waals surface area contributed by atoms with E-state index in [0.29, 0.717) is 22.5 Å². The van der Waals surface area contributed by atoms with Gasteiger partial charge in [-0.1, -0.05) is 0 Å². The van der Waals surface area contributed by atoms with Crippen molar-refractivity contribution < 1.29 is 14.4 Å². The molecule has 0 unspecified atom stereocenters. The summed E-state index contributed by atoms with van der Waals surface area (Å²) in [6, 6.07) is 14.2. The first-order valence-electron chi connectivity index (χ1n) is 7.59. The van der Waals surface area contributed by atoms with Gasteiger partial charge in [0.05, 0.1) is 0 Å². The molecule has 0 aliphatic heterocycles. The Morgan fingerprint density at radius 3 is 2.12 bits per heavy atom. The highest BCUT2D eigenvalue weighted by atomic mass is 16.2. The van der Waals surface area contributed by atoms with Gasteiger partial charge in [0.25, 0.3) is 11.8 Å². The van der Waals surface area contributed by atoms with Crippen LogP contribution in [0.5, 0.6) is 0 Å². The Morgan fingerprint density at radius 1 is 1.00 bits per heavy atom.